The van der Waals surface area contributed by atoms with Crippen molar-refractivity contribution in [1.29, 1.82) is 5.26 Å². The van der Waals surface area contributed by atoms with E-state index in [1.54, 1.807) is 12.1 Å². The monoisotopic (exact) mass is 452 g/mol. The average Bonchev–Trinajstić information content (AvgIpc) is 2.69. The van der Waals surface area contributed by atoms with Crippen LogP contribution in [0.15, 0.2) is 29.3 Å². The maximum Gasteiger partial charge on any atom is 0.417 e. The Hall–Kier alpha value is -3.26. The molecular weight excluding hydrogens is 433 g/mol. The van der Waals surface area contributed by atoms with Crippen LogP contribution in [-0.4, -0.2) is 36.2 Å². The first-order valence-corrected chi connectivity index (χ1v) is 9.86. The fourth-order valence-corrected chi connectivity index (χ4v) is 3.44. The molecule has 0 bridgehead atoms. The molecule has 11 heteroatoms. The number of thioether (sulfide) groups is 1. The fourth-order valence-electron chi connectivity index (χ4n) is 2.56. The van der Waals surface area contributed by atoms with Crippen LogP contribution in [0, 0.1) is 25.2 Å². The van der Waals surface area contributed by atoms with Crippen LogP contribution in [0.25, 0.3) is 0 Å². The summed E-state index contributed by atoms with van der Waals surface area (Å²) < 4.78 is 44.6. The summed E-state index contributed by atoms with van der Waals surface area (Å²) in [5, 5.41) is 13.9. The van der Waals surface area contributed by atoms with Crippen molar-refractivity contribution in [3.05, 3.63) is 46.6 Å². The lowest BCUT2D eigenvalue weighted by Gasteiger charge is -2.13. The number of pyridine rings is 1. The summed E-state index contributed by atoms with van der Waals surface area (Å²) in [5.41, 5.74) is -0.329. The lowest BCUT2D eigenvalue weighted by molar-refractivity contribution is -0.138. The number of halogens is 3. The number of rotatable bonds is 7. The minimum atomic E-state index is -4.72. The molecular formula is C20H19F3N4O3S. The molecule has 0 saturated heterocycles. The van der Waals surface area contributed by atoms with Crippen molar-refractivity contribution in [2.24, 2.45) is 0 Å². The number of nitrogens with one attached hydrogen (secondary N) is 2. The molecule has 2 amide bonds. The van der Waals surface area contributed by atoms with Gasteiger partial charge in [-0.25, -0.2) is 4.98 Å². The van der Waals surface area contributed by atoms with E-state index in [0.29, 0.717) is 23.2 Å². The van der Waals surface area contributed by atoms with E-state index < -0.39 is 29.1 Å². The van der Waals surface area contributed by atoms with Crippen molar-refractivity contribution in [3.8, 4) is 11.8 Å². The number of hydrogen-bond donors (Lipinski definition) is 2. The molecule has 0 aliphatic rings. The molecule has 2 aromatic rings. The Morgan fingerprint density at radius 3 is 2.55 bits per heavy atom. The van der Waals surface area contributed by atoms with Crippen LogP contribution in [0.5, 0.6) is 5.75 Å². The molecule has 2 N–H and O–H groups in total. The largest absolute Gasteiger partial charge is 0.495 e. The minimum Gasteiger partial charge on any atom is -0.495 e. The second-order valence-electron chi connectivity index (χ2n) is 6.42. The number of carbonyl (C=O) groups excluding carboxylic acids is 2. The number of nitriles is 1. The van der Waals surface area contributed by atoms with Crippen LogP contribution in [0.1, 0.15) is 22.4 Å². The molecule has 7 nitrogen and oxygen atoms in total. The lowest BCUT2D eigenvalue weighted by Crippen LogP contribution is -2.34. The minimum absolute atomic E-state index is 0.0701. The number of carbonyl (C=O) groups is 2. The quantitative estimate of drug-likeness (QED) is 0.624. The smallest absolute Gasteiger partial charge is 0.417 e. The van der Waals surface area contributed by atoms with Gasteiger partial charge in [-0.15, -0.1) is 0 Å². The SMILES string of the molecule is COc1ccc(C)cc1NC(=O)CNC(=O)CSc1nc(C)cc(C(F)(F)F)c1C#N. The summed E-state index contributed by atoms with van der Waals surface area (Å²) in [4.78, 5) is 28.1. The number of anilines is 1. The van der Waals surface area contributed by atoms with Gasteiger partial charge in [0.25, 0.3) is 0 Å². The summed E-state index contributed by atoms with van der Waals surface area (Å²) in [5.74, 6) is -0.968. The molecule has 2 rings (SSSR count). The van der Waals surface area contributed by atoms with Crippen molar-refractivity contribution < 1.29 is 27.5 Å². The Bertz CT molecular complexity index is 1040. The van der Waals surface area contributed by atoms with E-state index in [1.165, 1.54) is 20.1 Å². The van der Waals surface area contributed by atoms with Crippen LogP contribution in [0.4, 0.5) is 18.9 Å². The van der Waals surface area contributed by atoms with E-state index in [-0.39, 0.29) is 23.0 Å². The molecule has 0 fully saturated rings. The molecule has 1 aromatic heterocycles. The third-order valence-corrected chi connectivity index (χ3v) is 4.92. The van der Waals surface area contributed by atoms with E-state index in [1.807, 2.05) is 13.0 Å². The molecule has 0 radical (unpaired) electrons. The Morgan fingerprint density at radius 2 is 1.94 bits per heavy atom. The van der Waals surface area contributed by atoms with Gasteiger partial charge in [0.1, 0.15) is 16.8 Å². The van der Waals surface area contributed by atoms with Gasteiger partial charge < -0.3 is 15.4 Å². The summed E-state index contributed by atoms with van der Waals surface area (Å²) in [6, 6.07) is 7.50. The van der Waals surface area contributed by atoms with Gasteiger partial charge in [-0.2, -0.15) is 18.4 Å². The number of nitrogens with zero attached hydrogens (tertiary/aromatic N) is 2. The molecule has 0 atom stereocenters. The first-order chi connectivity index (χ1) is 14.5. The standard InChI is InChI=1S/C20H19F3N4O3S/c1-11-4-5-16(30-3)15(6-11)27-17(28)9-25-18(29)10-31-19-13(8-24)14(20(21,22)23)7-12(2)26-19/h4-7H,9-10H2,1-3H3,(H,25,29)(H,27,28). The second kappa shape index (κ2) is 10.2. The maximum absolute atomic E-state index is 13.1. The van der Waals surface area contributed by atoms with Gasteiger partial charge in [0.05, 0.1) is 36.2 Å². The normalized spacial score (nSPS) is 10.9. The summed E-state index contributed by atoms with van der Waals surface area (Å²) in [7, 11) is 1.46. The molecule has 0 aliphatic carbocycles. The van der Waals surface area contributed by atoms with E-state index >= 15 is 0 Å². The highest BCUT2D eigenvalue weighted by Gasteiger charge is 2.35. The Kier molecular flexibility index (Phi) is 7.88. The summed E-state index contributed by atoms with van der Waals surface area (Å²) in [6.45, 7) is 2.86. The second-order valence-corrected chi connectivity index (χ2v) is 7.38. The van der Waals surface area contributed by atoms with Crippen molar-refractivity contribution in [3.63, 3.8) is 0 Å². The predicted molar refractivity (Wildman–Crippen MR) is 109 cm³/mol. The highest BCUT2D eigenvalue weighted by Crippen LogP contribution is 2.35. The van der Waals surface area contributed by atoms with Gasteiger partial charge in [-0.3, -0.25) is 9.59 Å². The zero-order valence-corrected chi connectivity index (χ0v) is 17.7. The Labute approximate surface area is 181 Å². The van der Waals surface area contributed by atoms with Crippen molar-refractivity contribution in [1.82, 2.24) is 10.3 Å². The molecule has 0 unspecified atom stereocenters. The molecule has 1 aromatic carbocycles. The Balaban J connectivity index is 1.98. The van der Waals surface area contributed by atoms with Gasteiger partial charge in [0, 0.05) is 5.69 Å². The fraction of sp³-hybridized carbons (Fsp3) is 0.300. The highest BCUT2D eigenvalue weighted by molar-refractivity contribution is 8.00. The number of amides is 2. The van der Waals surface area contributed by atoms with E-state index in [2.05, 4.69) is 15.6 Å². The molecule has 0 aliphatic heterocycles. The number of ether oxygens (including phenoxy) is 1. The topological polar surface area (TPSA) is 104 Å². The lowest BCUT2D eigenvalue weighted by atomic mass is 10.1. The summed E-state index contributed by atoms with van der Waals surface area (Å²) >= 11 is 0.690. The zero-order chi connectivity index (χ0) is 23.2. The van der Waals surface area contributed by atoms with Crippen molar-refractivity contribution >= 4 is 29.3 Å². The molecule has 31 heavy (non-hydrogen) atoms. The molecule has 0 spiro atoms. The highest BCUT2D eigenvalue weighted by atomic mass is 32.2. The van der Waals surface area contributed by atoms with Crippen molar-refractivity contribution in [2.45, 2.75) is 25.0 Å². The Morgan fingerprint density at radius 1 is 1.23 bits per heavy atom. The van der Waals surface area contributed by atoms with Crippen LogP contribution in [0.2, 0.25) is 0 Å². The third-order valence-electron chi connectivity index (χ3n) is 3.95. The maximum atomic E-state index is 13.1. The molecule has 164 valence electrons. The van der Waals surface area contributed by atoms with Crippen molar-refractivity contribution in [2.75, 3.05) is 24.7 Å². The number of benzene rings is 1. The van der Waals surface area contributed by atoms with E-state index in [0.717, 1.165) is 11.6 Å². The van der Waals surface area contributed by atoms with Gasteiger partial charge in [0.15, 0.2) is 0 Å². The van der Waals surface area contributed by atoms with Gasteiger partial charge in [0.2, 0.25) is 11.8 Å². The number of methoxy groups -OCH3 is 1. The number of aryl methyl sites for hydroxylation is 2. The number of alkyl halides is 3. The number of hydrogen-bond acceptors (Lipinski definition) is 6. The van der Waals surface area contributed by atoms with Gasteiger partial charge >= 0.3 is 6.18 Å². The predicted octanol–water partition coefficient (Wildman–Crippen LogP) is 3.44. The number of aromatic nitrogens is 1. The first-order valence-electron chi connectivity index (χ1n) is 8.88. The first kappa shape index (κ1) is 24.0. The van der Waals surface area contributed by atoms with E-state index in [4.69, 9.17) is 10.00 Å². The van der Waals surface area contributed by atoms with Crippen LogP contribution in [0.3, 0.4) is 0 Å². The molecule has 0 saturated carbocycles. The summed E-state index contributed by atoms with van der Waals surface area (Å²) in [6.07, 6.45) is -4.72. The van der Waals surface area contributed by atoms with Gasteiger partial charge in [-0.1, -0.05) is 17.8 Å². The van der Waals surface area contributed by atoms with Crippen LogP contribution < -0.4 is 15.4 Å². The van der Waals surface area contributed by atoms with Gasteiger partial charge in [-0.05, 0) is 37.6 Å². The average molecular weight is 452 g/mol. The molecule has 1 heterocycles. The van der Waals surface area contributed by atoms with E-state index in [9.17, 15) is 22.8 Å². The zero-order valence-electron chi connectivity index (χ0n) is 16.9. The third kappa shape index (κ3) is 6.62. The van der Waals surface area contributed by atoms with Crippen LogP contribution in [-0.2, 0) is 15.8 Å². The van der Waals surface area contributed by atoms with Crippen LogP contribution >= 0.6 is 11.8 Å².